The number of aromatic nitrogens is 4. The van der Waals surface area contributed by atoms with Gasteiger partial charge in [-0.1, -0.05) is 0 Å². The van der Waals surface area contributed by atoms with Crippen LogP contribution in [0.1, 0.15) is 23.2 Å². The largest absolute Gasteiger partial charge is 0.487 e. The summed E-state index contributed by atoms with van der Waals surface area (Å²) < 4.78 is 27.5. The molecule has 36 heavy (non-hydrogen) atoms. The highest BCUT2D eigenvalue weighted by Gasteiger charge is 2.16. The second-order valence-corrected chi connectivity index (χ2v) is 7.90. The predicted octanol–water partition coefficient (Wildman–Crippen LogP) is 3.51. The Kier molecular flexibility index (Phi) is 7.71. The number of aliphatic hydroxyl groups excluding tert-OH is 1. The normalized spacial score (nSPS) is 10.8. The third-order valence-corrected chi connectivity index (χ3v) is 5.28. The first-order valence-electron chi connectivity index (χ1n) is 11.2. The van der Waals surface area contributed by atoms with Gasteiger partial charge in [-0.3, -0.25) is 5.41 Å². The van der Waals surface area contributed by atoms with Crippen molar-refractivity contribution in [2.24, 2.45) is 7.05 Å². The quantitative estimate of drug-likeness (QED) is 0.184. The highest BCUT2D eigenvalue weighted by Crippen LogP contribution is 2.29. The maximum atomic E-state index is 14.2. The molecule has 0 bridgehead atoms. The molecular weight excluding hydrogens is 465 g/mol. The minimum atomic E-state index is -0.494. The molecule has 0 atom stereocenters. The maximum absolute atomic E-state index is 14.2. The number of aryl methyl sites for hydroxylation is 1. The van der Waals surface area contributed by atoms with Crippen LogP contribution in [-0.2, 0) is 13.7 Å². The van der Waals surface area contributed by atoms with E-state index in [1.54, 1.807) is 42.9 Å². The molecule has 4 aromatic rings. The number of aliphatic hydroxyl groups is 1. The van der Waals surface area contributed by atoms with Crippen LogP contribution in [0.25, 0.3) is 0 Å². The minimum absolute atomic E-state index is 0.0329. The van der Waals surface area contributed by atoms with Gasteiger partial charge >= 0.3 is 0 Å². The molecule has 2 aromatic heterocycles. The van der Waals surface area contributed by atoms with Crippen LogP contribution in [0.2, 0.25) is 0 Å². The molecule has 0 radical (unpaired) electrons. The zero-order valence-corrected chi connectivity index (χ0v) is 19.6. The highest BCUT2D eigenvalue weighted by atomic mass is 19.1. The molecule has 0 aliphatic rings. The summed E-state index contributed by atoms with van der Waals surface area (Å²) >= 11 is 0. The molecule has 0 aliphatic carbocycles. The van der Waals surface area contributed by atoms with E-state index in [9.17, 15) is 4.39 Å². The number of hydrogen-bond donors (Lipinski definition) is 4. The van der Waals surface area contributed by atoms with Crippen molar-refractivity contribution in [3.05, 3.63) is 84.0 Å². The standard InChI is InChI=1S/C25H26FN7O3/c1-33-15-29-12-18(33)13-35-20-9-17(26)10-21(11-20)36-19-5-3-16(4-6-19)23(27)22-24(28)31-14-32-25(22)30-7-2-8-34/h3-6,9-12,14-15,27,34H,2,7-8,13H2,1H3,(H3,28,30,31,32). The molecule has 0 unspecified atom stereocenters. The van der Waals surface area contributed by atoms with Gasteiger partial charge < -0.3 is 30.2 Å². The number of nitrogen functional groups attached to an aromatic ring is 1. The Morgan fingerprint density at radius 2 is 1.92 bits per heavy atom. The molecular formula is C25H26FN7O3. The third-order valence-electron chi connectivity index (χ3n) is 5.28. The molecule has 4 rings (SSSR count). The number of imidazole rings is 1. The fourth-order valence-corrected chi connectivity index (χ4v) is 3.40. The second-order valence-electron chi connectivity index (χ2n) is 7.90. The highest BCUT2D eigenvalue weighted by molar-refractivity contribution is 6.16. The third kappa shape index (κ3) is 5.94. The fraction of sp³-hybridized carbons (Fsp3) is 0.200. The summed E-state index contributed by atoms with van der Waals surface area (Å²) in [5.41, 5.74) is 7.93. The van der Waals surface area contributed by atoms with Crippen molar-refractivity contribution in [2.45, 2.75) is 13.0 Å². The molecule has 0 spiro atoms. The van der Waals surface area contributed by atoms with Crippen molar-refractivity contribution in [2.75, 3.05) is 24.2 Å². The van der Waals surface area contributed by atoms with E-state index in [4.69, 9.17) is 25.7 Å². The number of nitrogens with two attached hydrogens (primary N) is 1. The Hall–Kier alpha value is -4.51. The van der Waals surface area contributed by atoms with Gasteiger partial charge in [0.15, 0.2) is 0 Å². The average molecular weight is 492 g/mol. The topological polar surface area (TPSA) is 144 Å². The Morgan fingerprint density at radius 3 is 2.64 bits per heavy atom. The van der Waals surface area contributed by atoms with Gasteiger partial charge in [-0.2, -0.15) is 0 Å². The van der Waals surface area contributed by atoms with Crippen molar-refractivity contribution in [3.8, 4) is 17.2 Å². The molecule has 0 saturated carbocycles. The van der Waals surface area contributed by atoms with Gasteiger partial charge in [-0.15, -0.1) is 0 Å². The van der Waals surface area contributed by atoms with Crippen molar-refractivity contribution in [1.82, 2.24) is 19.5 Å². The lowest BCUT2D eigenvalue weighted by Gasteiger charge is -2.14. The maximum Gasteiger partial charge on any atom is 0.141 e. The summed E-state index contributed by atoms with van der Waals surface area (Å²) in [6.45, 7) is 0.742. The van der Waals surface area contributed by atoms with Crippen LogP contribution in [0.3, 0.4) is 0 Å². The molecule has 0 fully saturated rings. The number of rotatable bonds is 11. The van der Waals surface area contributed by atoms with Gasteiger partial charge in [0.05, 0.1) is 29.5 Å². The molecule has 0 saturated heterocycles. The lowest BCUT2D eigenvalue weighted by Crippen LogP contribution is -2.15. The van der Waals surface area contributed by atoms with Crippen molar-refractivity contribution >= 4 is 17.3 Å². The zero-order valence-electron chi connectivity index (χ0n) is 19.6. The first-order valence-corrected chi connectivity index (χ1v) is 11.2. The summed E-state index contributed by atoms with van der Waals surface area (Å²) in [4.78, 5) is 12.2. The van der Waals surface area contributed by atoms with Crippen LogP contribution in [0.4, 0.5) is 16.0 Å². The zero-order chi connectivity index (χ0) is 25.5. The Balaban J connectivity index is 1.46. The van der Waals surface area contributed by atoms with E-state index in [1.165, 1.54) is 18.5 Å². The Morgan fingerprint density at radius 1 is 1.14 bits per heavy atom. The molecule has 186 valence electrons. The van der Waals surface area contributed by atoms with E-state index in [-0.39, 0.29) is 30.5 Å². The van der Waals surface area contributed by atoms with Crippen LogP contribution in [0, 0.1) is 11.2 Å². The van der Waals surface area contributed by atoms with Crippen LogP contribution < -0.4 is 20.5 Å². The lowest BCUT2D eigenvalue weighted by molar-refractivity contribution is 0.292. The number of halogens is 1. The SMILES string of the molecule is Cn1cncc1COc1cc(F)cc(Oc2ccc(C(=N)c3c(N)ncnc3NCCCO)cc2)c1. The van der Waals surface area contributed by atoms with E-state index in [1.807, 2.05) is 11.6 Å². The molecule has 10 nitrogen and oxygen atoms in total. The fourth-order valence-electron chi connectivity index (χ4n) is 3.40. The Labute approximate surface area is 207 Å². The molecule has 0 amide bonds. The van der Waals surface area contributed by atoms with Gasteiger partial charge in [0.2, 0.25) is 0 Å². The Bertz CT molecular complexity index is 1340. The van der Waals surface area contributed by atoms with Gasteiger partial charge in [-0.05, 0) is 30.7 Å². The lowest BCUT2D eigenvalue weighted by atomic mass is 10.0. The van der Waals surface area contributed by atoms with Gasteiger partial charge in [0, 0.05) is 44.0 Å². The van der Waals surface area contributed by atoms with Crippen molar-refractivity contribution in [1.29, 1.82) is 5.41 Å². The predicted molar refractivity (Wildman–Crippen MR) is 133 cm³/mol. The number of nitrogens with one attached hydrogen (secondary N) is 2. The van der Waals surface area contributed by atoms with Crippen LogP contribution in [0.15, 0.2) is 61.3 Å². The van der Waals surface area contributed by atoms with Crippen molar-refractivity contribution < 1.29 is 19.0 Å². The van der Waals surface area contributed by atoms with E-state index in [0.717, 1.165) is 5.69 Å². The molecule has 11 heteroatoms. The summed E-state index contributed by atoms with van der Waals surface area (Å²) in [5, 5.41) is 20.7. The molecule has 2 aromatic carbocycles. The number of ether oxygens (including phenoxy) is 2. The van der Waals surface area contributed by atoms with E-state index in [0.29, 0.717) is 41.4 Å². The van der Waals surface area contributed by atoms with E-state index >= 15 is 0 Å². The van der Waals surface area contributed by atoms with Crippen molar-refractivity contribution in [3.63, 3.8) is 0 Å². The van der Waals surface area contributed by atoms with E-state index < -0.39 is 5.82 Å². The molecule has 5 N–H and O–H groups in total. The first-order chi connectivity index (χ1) is 17.4. The molecule has 0 aliphatic heterocycles. The summed E-state index contributed by atoms with van der Waals surface area (Å²) in [6, 6.07) is 10.9. The second kappa shape index (κ2) is 11.3. The number of anilines is 2. The summed E-state index contributed by atoms with van der Waals surface area (Å²) in [6.07, 6.45) is 5.19. The number of hydrogen-bond acceptors (Lipinski definition) is 9. The smallest absolute Gasteiger partial charge is 0.141 e. The molecule has 2 heterocycles. The average Bonchev–Trinajstić information content (AvgIpc) is 3.27. The monoisotopic (exact) mass is 491 g/mol. The summed E-state index contributed by atoms with van der Waals surface area (Å²) in [5.74, 6) is 1.14. The minimum Gasteiger partial charge on any atom is -0.487 e. The van der Waals surface area contributed by atoms with Gasteiger partial charge in [0.25, 0.3) is 0 Å². The van der Waals surface area contributed by atoms with Gasteiger partial charge in [0.1, 0.15) is 47.6 Å². The van der Waals surface area contributed by atoms with Crippen LogP contribution in [0.5, 0.6) is 17.2 Å². The summed E-state index contributed by atoms with van der Waals surface area (Å²) in [7, 11) is 1.85. The van der Waals surface area contributed by atoms with E-state index in [2.05, 4.69) is 20.3 Å². The van der Waals surface area contributed by atoms with Crippen LogP contribution in [-0.4, -0.2) is 43.5 Å². The van der Waals surface area contributed by atoms with Gasteiger partial charge in [-0.25, -0.2) is 19.3 Å². The number of nitrogens with zero attached hydrogens (tertiary/aromatic N) is 4. The first kappa shape index (κ1) is 24.6. The van der Waals surface area contributed by atoms with Crippen LogP contribution >= 0.6 is 0 Å². The number of benzene rings is 2.